The van der Waals surface area contributed by atoms with Crippen LogP contribution in [0.2, 0.25) is 0 Å². The molecule has 1 rings (SSSR count). The second-order valence-corrected chi connectivity index (χ2v) is 6.32. The van der Waals surface area contributed by atoms with Gasteiger partial charge < -0.3 is 9.84 Å². The third kappa shape index (κ3) is 5.39. The molecule has 0 bridgehead atoms. The Hall–Kier alpha value is -0.0800. The van der Waals surface area contributed by atoms with Crippen molar-refractivity contribution in [2.75, 3.05) is 0 Å². The highest BCUT2D eigenvalue weighted by Gasteiger charge is 2.27. The maximum atomic E-state index is 10.3. The molecule has 2 atom stereocenters. The van der Waals surface area contributed by atoms with E-state index in [2.05, 4.69) is 27.7 Å². The zero-order valence-electron chi connectivity index (χ0n) is 12.0. The van der Waals surface area contributed by atoms with Crippen molar-refractivity contribution in [3.63, 3.8) is 0 Å². The summed E-state index contributed by atoms with van der Waals surface area (Å²) in [6.45, 7) is 8.78. The van der Waals surface area contributed by atoms with E-state index in [1.807, 2.05) is 0 Å². The lowest BCUT2D eigenvalue weighted by molar-refractivity contribution is -0.182. The second kappa shape index (κ2) is 7.38. The number of hydrogen-bond donors (Lipinski definition) is 1. The van der Waals surface area contributed by atoms with Crippen LogP contribution in [0, 0.1) is 17.8 Å². The lowest BCUT2D eigenvalue weighted by Gasteiger charge is -2.32. The van der Waals surface area contributed by atoms with E-state index in [1.54, 1.807) is 0 Å². The average Bonchev–Trinajstić information content (AvgIpc) is 2.26. The van der Waals surface area contributed by atoms with Gasteiger partial charge in [0.15, 0.2) is 6.29 Å². The van der Waals surface area contributed by atoms with Crippen molar-refractivity contribution in [2.24, 2.45) is 17.8 Å². The minimum atomic E-state index is -0.569. The average molecular weight is 242 g/mol. The molecule has 0 aromatic rings. The molecule has 0 aliphatic heterocycles. The Bertz CT molecular complexity index is 195. The van der Waals surface area contributed by atoms with Gasteiger partial charge in [0.2, 0.25) is 0 Å². The van der Waals surface area contributed by atoms with Gasteiger partial charge in [-0.25, -0.2) is 0 Å². The van der Waals surface area contributed by atoms with Crippen LogP contribution in [0.1, 0.15) is 66.2 Å². The largest absolute Gasteiger partial charge is 0.368 e. The first-order valence-electron chi connectivity index (χ1n) is 7.34. The van der Waals surface area contributed by atoms with Crippen LogP contribution in [0.4, 0.5) is 0 Å². The van der Waals surface area contributed by atoms with Crippen LogP contribution in [0.5, 0.6) is 0 Å². The van der Waals surface area contributed by atoms with Gasteiger partial charge in [-0.1, -0.05) is 47.0 Å². The van der Waals surface area contributed by atoms with Crippen LogP contribution in [0.3, 0.4) is 0 Å². The van der Waals surface area contributed by atoms with Gasteiger partial charge in [-0.15, -0.1) is 0 Å². The molecule has 1 aliphatic carbocycles. The molecule has 17 heavy (non-hydrogen) atoms. The summed E-state index contributed by atoms with van der Waals surface area (Å²) >= 11 is 0. The summed E-state index contributed by atoms with van der Waals surface area (Å²) in [5.41, 5.74) is 0. The third-order valence-corrected chi connectivity index (χ3v) is 3.85. The van der Waals surface area contributed by atoms with Gasteiger partial charge in [-0.2, -0.15) is 0 Å². The Morgan fingerprint density at radius 3 is 2.12 bits per heavy atom. The predicted molar refractivity (Wildman–Crippen MR) is 71.7 cm³/mol. The Balaban J connectivity index is 2.42. The van der Waals surface area contributed by atoms with Crippen molar-refractivity contribution >= 4 is 0 Å². The van der Waals surface area contributed by atoms with Crippen molar-refractivity contribution in [3.8, 4) is 0 Å². The monoisotopic (exact) mass is 242 g/mol. The van der Waals surface area contributed by atoms with Crippen molar-refractivity contribution in [2.45, 2.75) is 78.6 Å². The minimum Gasteiger partial charge on any atom is -0.368 e. The number of ether oxygens (including phenoxy) is 1. The quantitative estimate of drug-likeness (QED) is 0.714. The molecular weight excluding hydrogens is 212 g/mol. The van der Waals surface area contributed by atoms with Crippen molar-refractivity contribution in [3.05, 3.63) is 0 Å². The molecule has 0 radical (unpaired) electrons. The maximum Gasteiger partial charge on any atom is 0.157 e. The molecule has 1 fully saturated rings. The number of aliphatic hydroxyl groups is 1. The van der Waals surface area contributed by atoms with E-state index in [4.69, 9.17) is 4.74 Å². The number of aliphatic hydroxyl groups excluding tert-OH is 1. The van der Waals surface area contributed by atoms with E-state index in [0.29, 0.717) is 17.9 Å². The van der Waals surface area contributed by atoms with Crippen molar-refractivity contribution < 1.29 is 9.84 Å². The summed E-state index contributed by atoms with van der Waals surface area (Å²) in [5.74, 6) is 1.37. The molecule has 0 aromatic carbocycles. The van der Waals surface area contributed by atoms with Gasteiger partial charge in [-0.05, 0) is 31.1 Å². The fraction of sp³-hybridized carbons (Fsp3) is 1.00. The Labute approximate surface area is 107 Å². The van der Waals surface area contributed by atoms with Crippen LogP contribution < -0.4 is 0 Å². The topological polar surface area (TPSA) is 29.5 Å². The van der Waals surface area contributed by atoms with Gasteiger partial charge in [0, 0.05) is 5.92 Å². The van der Waals surface area contributed by atoms with Crippen molar-refractivity contribution in [1.29, 1.82) is 0 Å². The lowest BCUT2D eigenvalue weighted by atomic mass is 9.87. The van der Waals surface area contributed by atoms with Crippen molar-refractivity contribution in [1.82, 2.24) is 0 Å². The predicted octanol–water partition coefficient (Wildman–Crippen LogP) is 3.97. The molecule has 0 aromatic heterocycles. The Morgan fingerprint density at radius 2 is 1.65 bits per heavy atom. The Morgan fingerprint density at radius 1 is 1.06 bits per heavy atom. The van der Waals surface area contributed by atoms with Crippen LogP contribution in [0.25, 0.3) is 0 Å². The van der Waals surface area contributed by atoms with Crippen LogP contribution in [-0.4, -0.2) is 17.5 Å². The number of hydrogen-bond acceptors (Lipinski definition) is 2. The van der Waals surface area contributed by atoms with Crippen LogP contribution >= 0.6 is 0 Å². The minimum absolute atomic E-state index is 0.275. The second-order valence-electron chi connectivity index (χ2n) is 6.32. The first-order valence-corrected chi connectivity index (χ1v) is 7.34. The van der Waals surface area contributed by atoms with E-state index < -0.39 is 6.29 Å². The summed E-state index contributed by atoms with van der Waals surface area (Å²) in [6, 6.07) is 0. The SMILES string of the molecule is CC(C)CC(C(C)C)C(O)OC1CCCCC1. The Kier molecular flexibility index (Phi) is 6.50. The molecule has 102 valence electrons. The number of rotatable bonds is 6. The molecule has 0 spiro atoms. The molecule has 2 nitrogen and oxygen atoms in total. The molecular formula is C15H30O2. The molecule has 0 amide bonds. The fourth-order valence-electron chi connectivity index (χ4n) is 2.76. The molecule has 0 heterocycles. The molecule has 2 unspecified atom stereocenters. The highest BCUT2D eigenvalue weighted by molar-refractivity contribution is 4.71. The van der Waals surface area contributed by atoms with E-state index >= 15 is 0 Å². The standard InChI is InChI=1S/C15H30O2/c1-11(2)10-14(12(3)4)15(16)17-13-8-6-5-7-9-13/h11-16H,5-10H2,1-4H3. The highest BCUT2D eigenvalue weighted by atomic mass is 16.6. The first-order chi connectivity index (χ1) is 8.00. The van der Waals surface area contributed by atoms with Gasteiger partial charge >= 0.3 is 0 Å². The zero-order valence-corrected chi connectivity index (χ0v) is 12.0. The molecule has 1 aliphatic rings. The normalized spacial score (nSPS) is 22.1. The van der Waals surface area contributed by atoms with Crippen LogP contribution in [-0.2, 0) is 4.74 Å². The molecule has 2 heteroatoms. The lowest BCUT2D eigenvalue weighted by Crippen LogP contribution is -2.33. The summed E-state index contributed by atoms with van der Waals surface area (Å²) in [6.07, 6.45) is 6.88. The summed E-state index contributed by atoms with van der Waals surface area (Å²) in [7, 11) is 0. The van der Waals surface area contributed by atoms with Crippen LogP contribution in [0.15, 0.2) is 0 Å². The van der Waals surface area contributed by atoms with Gasteiger partial charge in [-0.3, -0.25) is 0 Å². The molecule has 0 saturated heterocycles. The van der Waals surface area contributed by atoms with Gasteiger partial charge in [0.1, 0.15) is 0 Å². The zero-order chi connectivity index (χ0) is 12.8. The third-order valence-electron chi connectivity index (χ3n) is 3.85. The van der Waals surface area contributed by atoms with Gasteiger partial charge in [0.25, 0.3) is 0 Å². The summed E-state index contributed by atoms with van der Waals surface area (Å²) in [4.78, 5) is 0. The molecule has 1 N–H and O–H groups in total. The van der Waals surface area contributed by atoms with Gasteiger partial charge in [0.05, 0.1) is 6.10 Å². The van der Waals surface area contributed by atoms with E-state index in [1.165, 1.54) is 19.3 Å². The summed E-state index contributed by atoms with van der Waals surface area (Å²) in [5, 5.41) is 10.3. The smallest absolute Gasteiger partial charge is 0.157 e. The van der Waals surface area contributed by atoms with E-state index in [-0.39, 0.29) is 5.92 Å². The summed E-state index contributed by atoms with van der Waals surface area (Å²) < 4.78 is 5.87. The van der Waals surface area contributed by atoms with E-state index in [9.17, 15) is 5.11 Å². The van der Waals surface area contributed by atoms with E-state index in [0.717, 1.165) is 19.3 Å². The molecule has 1 saturated carbocycles. The highest BCUT2D eigenvalue weighted by Crippen LogP contribution is 2.28. The first kappa shape index (κ1) is 15.0. The maximum absolute atomic E-state index is 10.3. The fourth-order valence-corrected chi connectivity index (χ4v) is 2.76.